The molecule has 2 amide bonds. The summed E-state index contributed by atoms with van der Waals surface area (Å²) >= 11 is 0. The molecule has 1 unspecified atom stereocenters. The van der Waals surface area contributed by atoms with Gasteiger partial charge in [0.1, 0.15) is 17.8 Å². The van der Waals surface area contributed by atoms with Gasteiger partial charge in [-0.15, -0.1) is 0 Å². The fraction of sp³-hybridized carbons (Fsp3) is 0.350. The zero-order valence-corrected chi connectivity index (χ0v) is 16.1. The molecular formula is C20H23N5O4. The minimum atomic E-state index is -1.27. The van der Waals surface area contributed by atoms with Crippen LogP contribution in [0.3, 0.4) is 0 Å². The number of hydrogen-bond donors (Lipinski definition) is 3. The van der Waals surface area contributed by atoms with E-state index in [1.54, 1.807) is 43.6 Å². The van der Waals surface area contributed by atoms with Crippen LogP contribution < -0.4 is 21.1 Å². The number of anilines is 1. The topological polar surface area (TPSA) is 136 Å². The maximum atomic E-state index is 12.7. The number of rotatable bonds is 9. The number of nitrogens with one attached hydrogen (secondary N) is 2. The first-order valence-electron chi connectivity index (χ1n) is 9.20. The fourth-order valence-electron chi connectivity index (χ4n) is 3.58. The first kappa shape index (κ1) is 20.2. The predicted octanol–water partition coefficient (Wildman–Crippen LogP) is 1.17. The number of hydrogen-bond acceptors (Lipinski definition) is 7. The Balaban J connectivity index is 1.73. The van der Waals surface area contributed by atoms with Crippen molar-refractivity contribution in [3.8, 4) is 5.75 Å². The van der Waals surface area contributed by atoms with Gasteiger partial charge in [-0.25, -0.2) is 0 Å². The first-order valence-corrected chi connectivity index (χ1v) is 9.20. The van der Waals surface area contributed by atoms with Gasteiger partial charge in [-0.05, 0) is 24.3 Å². The quantitative estimate of drug-likeness (QED) is 0.544. The Morgan fingerprint density at radius 2 is 2.17 bits per heavy atom. The Bertz CT molecular complexity index is 905. The highest BCUT2D eigenvalue weighted by Gasteiger charge is 2.45. The van der Waals surface area contributed by atoms with Gasteiger partial charge in [-0.3, -0.25) is 14.6 Å². The summed E-state index contributed by atoms with van der Waals surface area (Å²) in [6, 6.07) is 10.3. The maximum absolute atomic E-state index is 12.7. The second-order valence-corrected chi connectivity index (χ2v) is 7.01. The van der Waals surface area contributed by atoms with Gasteiger partial charge in [-0.2, -0.15) is 4.91 Å². The van der Waals surface area contributed by atoms with E-state index >= 15 is 0 Å². The predicted molar refractivity (Wildman–Crippen MR) is 107 cm³/mol. The summed E-state index contributed by atoms with van der Waals surface area (Å²) in [5.74, 6) is -0.426. The number of carbonyl (C=O) groups is 2. The van der Waals surface area contributed by atoms with E-state index in [4.69, 9.17) is 10.5 Å². The van der Waals surface area contributed by atoms with Crippen LogP contribution in [0.4, 0.5) is 5.69 Å². The molecule has 0 spiro atoms. The molecule has 0 radical (unpaired) electrons. The smallest absolute Gasteiger partial charge is 0.243 e. The highest BCUT2D eigenvalue weighted by Crippen LogP contribution is 2.39. The van der Waals surface area contributed by atoms with Crippen LogP contribution >= 0.6 is 0 Å². The van der Waals surface area contributed by atoms with Crippen LogP contribution in [0.15, 0.2) is 47.8 Å². The van der Waals surface area contributed by atoms with Crippen LogP contribution in [0.1, 0.15) is 17.7 Å². The first-order chi connectivity index (χ1) is 14.0. The Hall–Kier alpha value is -3.49. The molecule has 2 atom stereocenters. The number of amides is 2. The Morgan fingerprint density at radius 3 is 2.83 bits per heavy atom. The number of pyridine rings is 1. The summed E-state index contributed by atoms with van der Waals surface area (Å²) in [6.45, 7) is -0.104. The zero-order valence-electron chi connectivity index (χ0n) is 16.1. The van der Waals surface area contributed by atoms with Crippen LogP contribution in [0.2, 0.25) is 0 Å². The van der Waals surface area contributed by atoms with E-state index < -0.39 is 23.4 Å². The van der Waals surface area contributed by atoms with Crippen LogP contribution in [-0.4, -0.2) is 42.0 Å². The van der Waals surface area contributed by atoms with Gasteiger partial charge in [0.25, 0.3) is 0 Å². The van der Waals surface area contributed by atoms with Crippen molar-refractivity contribution in [2.24, 2.45) is 10.9 Å². The van der Waals surface area contributed by atoms with Gasteiger partial charge in [0, 0.05) is 36.0 Å². The van der Waals surface area contributed by atoms with Gasteiger partial charge < -0.3 is 21.1 Å². The minimum absolute atomic E-state index is 0.104. The number of methoxy groups -OCH3 is 1. The lowest BCUT2D eigenvalue weighted by Gasteiger charge is -2.27. The molecule has 0 fully saturated rings. The monoisotopic (exact) mass is 397 g/mol. The molecule has 3 rings (SSSR count). The molecule has 1 aliphatic rings. The van der Waals surface area contributed by atoms with Crippen molar-refractivity contribution in [1.29, 1.82) is 0 Å². The summed E-state index contributed by atoms with van der Waals surface area (Å²) in [4.78, 5) is 40.0. The van der Waals surface area contributed by atoms with E-state index in [2.05, 4.69) is 20.8 Å². The summed E-state index contributed by atoms with van der Waals surface area (Å²) in [6.07, 6.45) is 2.03. The van der Waals surface area contributed by atoms with E-state index in [1.165, 1.54) is 0 Å². The van der Waals surface area contributed by atoms with E-state index in [-0.39, 0.29) is 19.4 Å². The van der Waals surface area contributed by atoms with Crippen molar-refractivity contribution in [3.63, 3.8) is 0 Å². The SMILES string of the molecule is COc1cccc2c1CC(CC(=O)N[C@H](CN=O)Cc1ccccn1)(C(N)=O)N2. The fourth-order valence-corrected chi connectivity index (χ4v) is 3.58. The molecule has 1 aromatic carbocycles. The molecule has 1 aliphatic heterocycles. The number of carbonyl (C=O) groups excluding carboxylic acids is 2. The zero-order chi connectivity index (χ0) is 20.9. The van der Waals surface area contributed by atoms with Crippen molar-refractivity contribution in [2.45, 2.75) is 30.8 Å². The lowest BCUT2D eigenvalue weighted by atomic mass is 9.89. The lowest BCUT2D eigenvalue weighted by Crippen LogP contribution is -2.53. The number of ether oxygens (including phenoxy) is 1. The van der Waals surface area contributed by atoms with Gasteiger partial charge in [0.2, 0.25) is 11.8 Å². The molecule has 0 saturated heterocycles. The molecule has 29 heavy (non-hydrogen) atoms. The Labute approximate surface area is 168 Å². The molecule has 0 saturated carbocycles. The maximum Gasteiger partial charge on any atom is 0.243 e. The minimum Gasteiger partial charge on any atom is -0.496 e. The standard InChI is InChI=1S/C20H23N5O4/c1-29-17-7-4-6-16-15(17)10-20(25-16,19(21)27)11-18(26)24-14(12-23-28)9-13-5-2-3-8-22-13/h2-8,14,25H,9-12H2,1H3,(H2,21,27)(H,24,26)/t14-,20?/m0/s1. The van der Waals surface area contributed by atoms with Crippen molar-refractivity contribution in [3.05, 3.63) is 58.8 Å². The van der Waals surface area contributed by atoms with Crippen molar-refractivity contribution < 1.29 is 14.3 Å². The number of fused-ring (bicyclic) bond motifs is 1. The van der Waals surface area contributed by atoms with E-state index in [0.717, 1.165) is 11.3 Å². The number of nitrogens with zero attached hydrogens (tertiary/aromatic N) is 2. The van der Waals surface area contributed by atoms with Crippen LogP contribution in [-0.2, 0) is 22.4 Å². The molecule has 1 aromatic heterocycles. The van der Waals surface area contributed by atoms with Crippen molar-refractivity contribution >= 4 is 17.5 Å². The third kappa shape index (κ3) is 4.50. The van der Waals surface area contributed by atoms with E-state index in [1.807, 2.05) is 6.07 Å². The molecule has 9 nitrogen and oxygen atoms in total. The van der Waals surface area contributed by atoms with Crippen LogP contribution in [0, 0.1) is 4.91 Å². The number of benzene rings is 1. The number of primary amides is 1. The highest BCUT2D eigenvalue weighted by atomic mass is 16.5. The molecule has 4 N–H and O–H groups in total. The Kier molecular flexibility index (Phi) is 6.06. The van der Waals surface area contributed by atoms with E-state index in [0.29, 0.717) is 17.9 Å². The molecule has 2 heterocycles. The van der Waals surface area contributed by atoms with Crippen LogP contribution in [0.25, 0.3) is 0 Å². The summed E-state index contributed by atoms with van der Waals surface area (Å²) < 4.78 is 5.35. The lowest BCUT2D eigenvalue weighted by molar-refractivity contribution is -0.129. The summed E-state index contributed by atoms with van der Waals surface area (Å²) in [5.41, 5.74) is 6.61. The molecule has 152 valence electrons. The molecule has 0 bridgehead atoms. The van der Waals surface area contributed by atoms with E-state index in [9.17, 15) is 14.5 Å². The summed E-state index contributed by atoms with van der Waals surface area (Å²) in [7, 11) is 1.54. The van der Waals surface area contributed by atoms with Gasteiger partial charge in [0.05, 0.1) is 19.6 Å². The van der Waals surface area contributed by atoms with Gasteiger partial charge in [-0.1, -0.05) is 17.3 Å². The Morgan fingerprint density at radius 1 is 1.34 bits per heavy atom. The van der Waals surface area contributed by atoms with Crippen LogP contribution in [0.5, 0.6) is 5.75 Å². The van der Waals surface area contributed by atoms with Gasteiger partial charge in [0.15, 0.2) is 0 Å². The second kappa shape index (κ2) is 8.68. The molecular weight excluding hydrogens is 374 g/mol. The number of nitrogens with two attached hydrogens (primary N) is 1. The second-order valence-electron chi connectivity index (χ2n) is 7.01. The highest BCUT2D eigenvalue weighted by molar-refractivity contribution is 5.96. The third-order valence-electron chi connectivity index (χ3n) is 4.98. The average Bonchev–Trinajstić information content (AvgIpc) is 3.08. The molecule has 9 heteroatoms. The third-order valence-corrected chi connectivity index (χ3v) is 4.98. The van der Waals surface area contributed by atoms with Crippen molar-refractivity contribution in [1.82, 2.24) is 10.3 Å². The molecule has 0 aliphatic carbocycles. The van der Waals surface area contributed by atoms with Crippen molar-refractivity contribution in [2.75, 3.05) is 19.0 Å². The summed E-state index contributed by atoms with van der Waals surface area (Å²) in [5, 5.41) is 8.78. The average molecular weight is 397 g/mol. The normalized spacial score (nSPS) is 18.2. The number of nitroso groups, excluding NO2 is 1. The van der Waals surface area contributed by atoms with Gasteiger partial charge >= 0.3 is 0 Å². The molecule has 2 aromatic rings. The number of aromatic nitrogens is 1. The largest absolute Gasteiger partial charge is 0.496 e.